The standard InChI is InChI=1S/C14H16ClN3O2/c15-14-12-2-1-11(9-13(12)16-10-17-14)20-8-5-18-3-6-19-7-4-18/h1-2,9-10H,3-8H2. The highest BCUT2D eigenvalue weighted by Crippen LogP contribution is 2.23. The van der Waals surface area contributed by atoms with Gasteiger partial charge in [0.25, 0.3) is 0 Å². The summed E-state index contributed by atoms with van der Waals surface area (Å²) < 4.78 is 11.1. The summed E-state index contributed by atoms with van der Waals surface area (Å²) >= 11 is 6.00. The largest absolute Gasteiger partial charge is 0.492 e. The number of ether oxygens (including phenoxy) is 2. The van der Waals surface area contributed by atoms with Crippen LogP contribution in [-0.4, -0.2) is 54.3 Å². The number of fused-ring (bicyclic) bond motifs is 1. The summed E-state index contributed by atoms with van der Waals surface area (Å²) in [6, 6.07) is 5.68. The molecule has 0 bridgehead atoms. The molecule has 0 atom stereocenters. The van der Waals surface area contributed by atoms with Crippen LogP contribution in [0.4, 0.5) is 0 Å². The second-order valence-corrected chi connectivity index (χ2v) is 5.00. The highest BCUT2D eigenvalue weighted by atomic mass is 35.5. The molecule has 0 radical (unpaired) electrons. The van der Waals surface area contributed by atoms with E-state index in [1.165, 1.54) is 6.33 Å². The molecule has 1 aliphatic heterocycles. The Labute approximate surface area is 122 Å². The highest BCUT2D eigenvalue weighted by molar-refractivity contribution is 6.34. The van der Waals surface area contributed by atoms with Crippen molar-refractivity contribution in [2.45, 2.75) is 0 Å². The predicted molar refractivity (Wildman–Crippen MR) is 77.3 cm³/mol. The van der Waals surface area contributed by atoms with Gasteiger partial charge in [0.2, 0.25) is 0 Å². The minimum atomic E-state index is 0.467. The van der Waals surface area contributed by atoms with Crippen molar-refractivity contribution in [3.05, 3.63) is 29.7 Å². The molecule has 1 aromatic carbocycles. The summed E-state index contributed by atoms with van der Waals surface area (Å²) in [5.41, 5.74) is 0.800. The van der Waals surface area contributed by atoms with Gasteiger partial charge in [-0.05, 0) is 12.1 Å². The van der Waals surface area contributed by atoms with Gasteiger partial charge in [-0.3, -0.25) is 4.90 Å². The van der Waals surface area contributed by atoms with Gasteiger partial charge in [-0.2, -0.15) is 0 Å². The molecule has 1 aromatic heterocycles. The van der Waals surface area contributed by atoms with Gasteiger partial charge in [0.05, 0.1) is 18.7 Å². The third-order valence-corrected chi connectivity index (χ3v) is 3.64. The normalized spacial score (nSPS) is 16.4. The summed E-state index contributed by atoms with van der Waals surface area (Å²) in [4.78, 5) is 10.5. The molecule has 0 spiro atoms. The molecule has 2 heterocycles. The topological polar surface area (TPSA) is 47.5 Å². The van der Waals surface area contributed by atoms with Crippen LogP contribution in [0.1, 0.15) is 0 Å². The predicted octanol–water partition coefficient (Wildman–Crippen LogP) is 1.99. The lowest BCUT2D eigenvalue weighted by Crippen LogP contribution is -2.38. The molecule has 0 amide bonds. The van der Waals surface area contributed by atoms with Gasteiger partial charge < -0.3 is 9.47 Å². The number of nitrogens with zero attached hydrogens (tertiary/aromatic N) is 3. The SMILES string of the molecule is Clc1ncnc2cc(OCCN3CCOCC3)ccc12. The van der Waals surface area contributed by atoms with Crippen molar-refractivity contribution in [2.75, 3.05) is 39.5 Å². The Kier molecular flexibility index (Phi) is 4.30. The van der Waals surface area contributed by atoms with E-state index in [4.69, 9.17) is 21.1 Å². The van der Waals surface area contributed by atoms with Crippen molar-refractivity contribution in [1.82, 2.24) is 14.9 Å². The number of rotatable bonds is 4. The first kappa shape index (κ1) is 13.5. The van der Waals surface area contributed by atoms with Crippen molar-refractivity contribution >= 4 is 22.5 Å². The molecule has 106 valence electrons. The van der Waals surface area contributed by atoms with Crippen molar-refractivity contribution in [3.8, 4) is 5.75 Å². The lowest BCUT2D eigenvalue weighted by molar-refractivity contribution is 0.0322. The van der Waals surface area contributed by atoms with E-state index < -0.39 is 0 Å². The molecule has 0 aliphatic carbocycles. The number of aromatic nitrogens is 2. The maximum atomic E-state index is 6.00. The Hall–Kier alpha value is -1.43. The number of halogens is 1. The number of hydrogen-bond donors (Lipinski definition) is 0. The summed E-state index contributed by atoms with van der Waals surface area (Å²) in [7, 11) is 0. The van der Waals surface area contributed by atoms with Crippen LogP contribution >= 0.6 is 11.6 Å². The first-order valence-corrected chi connectivity index (χ1v) is 7.04. The third kappa shape index (κ3) is 3.17. The Morgan fingerprint density at radius 2 is 2.10 bits per heavy atom. The van der Waals surface area contributed by atoms with E-state index in [0.29, 0.717) is 11.8 Å². The molecule has 2 aromatic rings. The van der Waals surface area contributed by atoms with Crippen molar-refractivity contribution in [2.24, 2.45) is 0 Å². The maximum absolute atomic E-state index is 6.00. The number of benzene rings is 1. The molecule has 5 nitrogen and oxygen atoms in total. The molecule has 0 unspecified atom stereocenters. The van der Waals surface area contributed by atoms with Gasteiger partial charge in [0.15, 0.2) is 0 Å². The van der Waals surface area contributed by atoms with Gasteiger partial charge in [-0.1, -0.05) is 11.6 Å². The molecule has 6 heteroatoms. The Balaban J connectivity index is 1.60. The number of morpholine rings is 1. The van der Waals surface area contributed by atoms with E-state index in [-0.39, 0.29) is 0 Å². The highest BCUT2D eigenvalue weighted by Gasteiger charge is 2.10. The molecular weight excluding hydrogens is 278 g/mol. The van der Waals surface area contributed by atoms with Gasteiger partial charge in [0, 0.05) is 31.1 Å². The summed E-state index contributed by atoms with van der Waals surface area (Å²) in [5.74, 6) is 0.806. The third-order valence-electron chi connectivity index (χ3n) is 3.34. The van der Waals surface area contributed by atoms with Gasteiger partial charge in [-0.15, -0.1) is 0 Å². The molecule has 1 saturated heterocycles. The minimum absolute atomic E-state index is 0.467. The quantitative estimate of drug-likeness (QED) is 0.807. The Morgan fingerprint density at radius 3 is 2.95 bits per heavy atom. The fourth-order valence-corrected chi connectivity index (χ4v) is 2.41. The van der Waals surface area contributed by atoms with E-state index in [1.54, 1.807) is 0 Å². The Morgan fingerprint density at radius 1 is 1.25 bits per heavy atom. The van der Waals surface area contributed by atoms with Crippen LogP contribution in [0.15, 0.2) is 24.5 Å². The molecule has 0 saturated carbocycles. The van der Waals surface area contributed by atoms with E-state index in [0.717, 1.165) is 49.5 Å². The van der Waals surface area contributed by atoms with Crippen LogP contribution in [0.5, 0.6) is 5.75 Å². The number of hydrogen-bond acceptors (Lipinski definition) is 5. The van der Waals surface area contributed by atoms with Crippen molar-refractivity contribution < 1.29 is 9.47 Å². The first-order chi connectivity index (χ1) is 9.83. The molecule has 20 heavy (non-hydrogen) atoms. The lowest BCUT2D eigenvalue weighted by atomic mass is 10.2. The minimum Gasteiger partial charge on any atom is -0.492 e. The molecular formula is C14H16ClN3O2. The lowest BCUT2D eigenvalue weighted by Gasteiger charge is -2.26. The fraction of sp³-hybridized carbons (Fsp3) is 0.429. The summed E-state index contributed by atoms with van der Waals surface area (Å²) in [6.07, 6.45) is 1.46. The molecule has 3 rings (SSSR count). The van der Waals surface area contributed by atoms with Gasteiger partial charge in [0.1, 0.15) is 23.8 Å². The van der Waals surface area contributed by atoms with E-state index in [9.17, 15) is 0 Å². The van der Waals surface area contributed by atoms with Crippen molar-refractivity contribution in [3.63, 3.8) is 0 Å². The van der Waals surface area contributed by atoms with Gasteiger partial charge >= 0.3 is 0 Å². The van der Waals surface area contributed by atoms with Crippen molar-refractivity contribution in [1.29, 1.82) is 0 Å². The smallest absolute Gasteiger partial charge is 0.140 e. The second-order valence-electron chi connectivity index (χ2n) is 4.65. The summed E-state index contributed by atoms with van der Waals surface area (Å²) in [6.45, 7) is 5.14. The van der Waals surface area contributed by atoms with E-state index >= 15 is 0 Å². The van der Waals surface area contributed by atoms with Crippen LogP contribution in [-0.2, 0) is 4.74 Å². The monoisotopic (exact) mass is 293 g/mol. The van der Waals surface area contributed by atoms with E-state index in [2.05, 4.69) is 14.9 Å². The fourth-order valence-electron chi connectivity index (χ4n) is 2.21. The second kappa shape index (κ2) is 6.35. The zero-order valence-electron chi connectivity index (χ0n) is 11.1. The summed E-state index contributed by atoms with van der Waals surface area (Å²) in [5, 5.41) is 1.31. The van der Waals surface area contributed by atoms with Crippen LogP contribution in [0.25, 0.3) is 10.9 Å². The maximum Gasteiger partial charge on any atom is 0.140 e. The van der Waals surface area contributed by atoms with Crippen LogP contribution in [0, 0.1) is 0 Å². The zero-order valence-corrected chi connectivity index (χ0v) is 11.8. The van der Waals surface area contributed by atoms with Gasteiger partial charge in [-0.25, -0.2) is 9.97 Å². The van der Waals surface area contributed by atoms with E-state index in [1.807, 2.05) is 18.2 Å². The molecule has 1 aliphatic rings. The molecule has 0 N–H and O–H groups in total. The average molecular weight is 294 g/mol. The molecule has 1 fully saturated rings. The van der Waals surface area contributed by atoms with Crippen LogP contribution in [0.3, 0.4) is 0 Å². The first-order valence-electron chi connectivity index (χ1n) is 6.66. The van der Waals surface area contributed by atoms with Crippen LogP contribution < -0.4 is 4.74 Å². The zero-order chi connectivity index (χ0) is 13.8. The Bertz CT molecular complexity index is 588. The average Bonchev–Trinajstić information content (AvgIpc) is 2.48. The van der Waals surface area contributed by atoms with Crippen LogP contribution in [0.2, 0.25) is 5.15 Å².